The zero-order valence-electron chi connectivity index (χ0n) is 8.83. The molecule has 1 aliphatic rings. The largest absolute Gasteiger partial charge is 0.397 e. The molecular formula is C12H15ClN2. The van der Waals surface area contributed by atoms with E-state index in [9.17, 15) is 0 Å². The first-order valence-corrected chi connectivity index (χ1v) is 5.69. The Balaban J connectivity index is 2.30. The van der Waals surface area contributed by atoms with Crippen molar-refractivity contribution in [3.63, 3.8) is 0 Å². The summed E-state index contributed by atoms with van der Waals surface area (Å²) in [5.41, 5.74) is 8.68. The van der Waals surface area contributed by atoms with E-state index in [0.717, 1.165) is 12.0 Å². The van der Waals surface area contributed by atoms with E-state index >= 15 is 0 Å². The summed E-state index contributed by atoms with van der Waals surface area (Å²) in [6, 6.07) is 4.51. The predicted octanol–water partition coefficient (Wildman–Crippen LogP) is 3.07. The molecule has 0 atom stereocenters. The molecule has 2 N–H and O–H groups in total. The zero-order chi connectivity index (χ0) is 10.8. The summed E-state index contributed by atoms with van der Waals surface area (Å²) < 4.78 is 0. The van der Waals surface area contributed by atoms with Gasteiger partial charge >= 0.3 is 0 Å². The number of hydrogen-bond acceptors (Lipinski definition) is 2. The molecule has 0 unspecified atom stereocenters. The fourth-order valence-corrected chi connectivity index (χ4v) is 1.67. The van der Waals surface area contributed by atoms with Crippen molar-refractivity contribution in [3.05, 3.63) is 28.3 Å². The van der Waals surface area contributed by atoms with Crippen LogP contribution >= 0.6 is 11.6 Å². The van der Waals surface area contributed by atoms with Crippen LogP contribution in [0.15, 0.2) is 17.1 Å². The summed E-state index contributed by atoms with van der Waals surface area (Å²) in [4.78, 5) is 4.42. The standard InChI is InChI=1S/C12H15ClN2/c1-2-8-5-9(7-15-10-3-4-10)12(14)11(13)6-8/h5-7,10H,2-4,14H2,1H3. The lowest BCUT2D eigenvalue weighted by Crippen LogP contribution is -1.97. The third-order valence-electron chi connectivity index (χ3n) is 2.60. The second kappa shape index (κ2) is 4.23. The molecule has 3 heteroatoms. The van der Waals surface area contributed by atoms with Crippen molar-refractivity contribution < 1.29 is 0 Å². The van der Waals surface area contributed by atoms with Gasteiger partial charge in [0.05, 0.1) is 16.8 Å². The van der Waals surface area contributed by atoms with Gasteiger partial charge in [-0.2, -0.15) is 0 Å². The monoisotopic (exact) mass is 222 g/mol. The van der Waals surface area contributed by atoms with Crippen molar-refractivity contribution in [3.8, 4) is 0 Å². The maximum Gasteiger partial charge on any atom is 0.0644 e. The zero-order valence-corrected chi connectivity index (χ0v) is 9.59. The van der Waals surface area contributed by atoms with Crippen LogP contribution in [0.5, 0.6) is 0 Å². The summed E-state index contributed by atoms with van der Waals surface area (Å²) in [7, 11) is 0. The molecule has 0 radical (unpaired) electrons. The summed E-state index contributed by atoms with van der Waals surface area (Å²) in [6.45, 7) is 2.10. The van der Waals surface area contributed by atoms with Crippen LogP contribution in [0.1, 0.15) is 30.9 Å². The molecule has 0 aliphatic heterocycles. The summed E-state index contributed by atoms with van der Waals surface area (Å²) in [6.07, 6.45) is 5.23. The number of benzene rings is 1. The molecule has 15 heavy (non-hydrogen) atoms. The smallest absolute Gasteiger partial charge is 0.0644 e. The number of hydrogen-bond donors (Lipinski definition) is 1. The minimum Gasteiger partial charge on any atom is -0.397 e. The van der Waals surface area contributed by atoms with E-state index in [1.807, 2.05) is 12.3 Å². The van der Waals surface area contributed by atoms with Crippen LogP contribution in [-0.4, -0.2) is 12.3 Å². The lowest BCUT2D eigenvalue weighted by molar-refractivity contribution is 1.08. The van der Waals surface area contributed by atoms with Crippen LogP contribution in [0.4, 0.5) is 5.69 Å². The van der Waals surface area contributed by atoms with Gasteiger partial charge < -0.3 is 5.73 Å². The maximum atomic E-state index is 6.04. The molecule has 2 nitrogen and oxygen atoms in total. The normalized spacial score (nSPS) is 16.1. The molecule has 1 aliphatic carbocycles. The Labute approximate surface area is 95.2 Å². The van der Waals surface area contributed by atoms with Crippen LogP contribution in [0.25, 0.3) is 0 Å². The van der Waals surface area contributed by atoms with E-state index in [1.54, 1.807) is 0 Å². The highest BCUT2D eigenvalue weighted by Gasteiger charge is 2.19. The highest BCUT2D eigenvalue weighted by molar-refractivity contribution is 6.33. The van der Waals surface area contributed by atoms with Gasteiger partial charge in [0.25, 0.3) is 0 Å². The maximum absolute atomic E-state index is 6.04. The minimum atomic E-state index is 0.522. The number of rotatable bonds is 3. The van der Waals surface area contributed by atoms with Gasteiger partial charge in [0.1, 0.15) is 0 Å². The van der Waals surface area contributed by atoms with E-state index in [-0.39, 0.29) is 0 Å². The van der Waals surface area contributed by atoms with E-state index in [4.69, 9.17) is 17.3 Å². The second-order valence-corrected chi connectivity index (χ2v) is 4.35. The van der Waals surface area contributed by atoms with E-state index in [1.165, 1.54) is 18.4 Å². The molecule has 0 amide bonds. The molecule has 0 heterocycles. The summed E-state index contributed by atoms with van der Waals surface area (Å²) >= 11 is 6.04. The molecule has 0 aromatic heterocycles. The van der Waals surface area contributed by atoms with Crippen molar-refractivity contribution in [2.24, 2.45) is 4.99 Å². The van der Waals surface area contributed by atoms with Gasteiger partial charge in [-0.15, -0.1) is 0 Å². The molecule has 1 aromatic rings. The Morgan fingerprint density at radius 3 is 2.87 bits per heavy atom. The fourth-order valence-electron chi connectivity index (χ4n) is 1.42. The highest BCUT2D eigenvalue weighted by atomic mass is 35.5. The second-order valence-electron chi connectivity index (χ2n) is 3.94. The van der Waals surface area contributed by atoms with Crippen molar-refractivity contribution >= 4 is 23.5 Å². The number of aliphatic imine (C=N–C) groups is 1. The Morgan fingerprint density at radius 1 is 1.53 bits per heavy atom. The average molecular weight is 223 g/mol. The van der Waals surface area contributed by atoms with Crippen LogP contribution in [-0.2, 0) is 6.42 Å². The van der Waals surface area contributed by atoms with Gasteiger partial charge in [0, 0.05) is 11.8 Å². The quantitative estimate of drug-likeness (QED) is 0.620. The van der Waals surface area contributed by atoms with Crippen LogP contribution in [0, 0.1) is 0 Å². The molecule has 1 fully saturated rings. The molecule has 80 valence electrons. The van der Waals surface area contributed by atoms with Crippen molar-refractivity contribution in [1.82, 2.24) is 0 Å². The highest BCUT2D eigenvalue weighted by Crippen LogP contribution is 2.26. The van der Waals surface area contributed by atoms with Gasteiger partial charge in [0.15, 0.2) is 0 Å². The Hall–Kier alpha value is -1.02. The molecule has 1 saturated carbocycles. The Kier molecular flexibility index (Phi) is 2.96. The summed E-state index contributed by atoms with van der Waals surface area (Å²) in [5, 5.41) is 0.631. The van der Waals surface area contributed by atoms with Gasteiger partial charge in [-0.05, 0) is 37.0 Å². The van der Waals surface area contributed by atoms with Gasteiger partial charge in [-0.25, -0.2) is 0 Å². The SMILES string of the molecule is CCc1cc(Cl)c(N)c(C=NC2CC2)c1. The first kappa shape index (κ1) is 10.5. The topological polar surface area (TPSA) is 38.4 Å². The Bertz CT molecular complexity index is 395. The first-order chi connectivity index (χ1) is 7.20. The average Bonchev–Trinajstić information content (AvgIpc) is 3.03. The molecule has 2 rings (SSSR count). The summed E-state index contributed by atoms with van der Waals surface area (Å²) in [5.74, 6) is 0. The third-order valence-corrected chi connectivity index (χ3v) is 2.91. The van der Waals surface area contributed by atoms with Gasteiger partial charge in [-0.1, -0.05) is 18.5 Å². The number of nitrogens with zero attached hydrogens (tertiary/aromatic N) is 1. The van der Waals surface area contributed by atoms with Crippen molar-refractivity contribution in [2.75, 3.05) is 5.73 Å². The lowest BCUT2D eigenvalue weighted by Gasteiger charge is -2.05. The fraction of sp³-hybridized carbons (Fsp3) is 0.417. The number of nitrogen functional groups attached to an aromatic ring is 1. The van der Waals surface area contributed by atoms with Gasteiger partial charge in [0.2, 0.25) is 0 Å². The minimum absolute atomic E-state index is 0.522. The van der Waals surface area contributed by atoms with Crippen LogP contribution in [0.2, 0.25) is 5.02 Å². The number of nitrogens with two attached hydrogens (primary N) is 1. The molecule has 0 saturated heterocycles. The number of halogens is 1. The molecular weight excluding hydrogens is 208 g/mol. The van der Waals surface area contributed by atoms with Gasteiger partial charge in [-0.3, -0.25) is 4.99 Å². The predicted molar refractivity (Wildman–Crippen MR) is 65.9 cm³/mol. The van der Waals surface area contributed by atoms with E-state index < -0.39 is 0 Å². The van der Waals surface area contributed by atoms with Crippen LogP contribution < -0.4 is 5.73 Å². The molecule has 0 bridgehead atoms. The molecule has 1 aromatic carbocycles. The van der Waals surface area contributed by atoms with Crippen molar-refractivity contribution in [1.29, 1.82) is 0 Å². The number of anilines is 1. The van der Waals surface area contributed by atoms with Crippen molar-refractivity contribution in [2.45, 2.75) is 32.2 Å². The number of aryl methyl sites for hydroxylation is 1. The van der Waals surface area contributed by atoms with E-state index in [2.05, 4.69) is 18.0 Å². The van der Waals surface area contributed by atoms with Crippen LogP contribution in [0.3, 0.4) is 0 Å². The third kappa shape index (κ3) is 2.51. The van der Waals surface area contributed by atoms with E-state index in [0.29, 0.717) is 16.8 Å². The Morgan fingerprint density at radius 2 is 2.27 bits per heavy atom. The lowest BCUT2D eigenvalue weighted by atomic mass is 10.1. The molecule has 0 spiro atoms. The first-order valence-electron chi connectivity index (χ1n) is 5.31.